The van der Waals surface area contributed by atoms with Crippen LogP contribution in [0.15, 0.2) is 0 Å². The van der Waals surface area contributed by atoms with Crippen LogP contribution in [0.1, 0.15) is 22.8 Å². The van der Waals surface area contributed by atoms with Crippen molar-refractivity contribution in [3.05, 3.63) is 22.8 Å². The fraction of sp³-hybridized carbons (Fsp3) is 0.444. The van der Waals surface area contributed by atoms with E-state index in [1.807, 2.05) is 0 Å². The Balaban J connectivity index is 3.80. The van der Waals surface area contributed by atoms with Crippen LogP contribution in [-0.4, -0.2) is 16.1 Å². The van der Waals surface area contributed by atoms with E-state index in [9.17, 15) is 35.1 Å². The van der Waals surface area contributed by atoms with Crippen molar-refractivity contribution in [1.82, 2.24) is 9.97 Å². The summed E-state index contributed by atoms with van der Waals surface area (Å²) in [5.74, 6) is -6.68. The van der Waals surface area contributed by atoms with Crippen molar-refractivity contribution in [2.45, 2.75) is 25.2 Å². The molecule has 0 spiro atoms. The fourth-order valence-corrected chi connectivity index (χ4v) is 1.28. The lowest BCUT2D eigenvalue weighted by atomic mass is 10.1. The fourth-order valence-electron chi connectivity index (χ4n) is 1.28. The summed E-state index contributed by atoms with van der Waals surface area (Å²) in [5, 5.41) is 8.43. The lowest BCUT2D eigenvalue weighted by Gasteiger charge is -2.22. The van der Waals surface area contributed by atoms with Gasteiger partial charge < -0.3 is 0 Å². The van der Waals surface area contributed by atoms with Gasteiger partial charge in [0, 0.05) is 0 Å². The summed E-state index contributed by atoms with van der Waals surface area (Å²) < 4.78 is 101. The maximum atomic E-state index is 13.1. The molecule has 0 fully saturated rings. The van der Waals surface area contributed by atoms with Crippen molar-refractivity contribution < 1.29 is 35.1 Å². The molecular weight excluding hydrogens is 302 g/mol. The number of rotatable bonds is 1. The molecule has 0 N–H and O–H groups in total. The first-order valence-electron chi connectivity index (χ1n) is 4.63. The second-order valence-corrected chi connectivity index (χ2v) is 3.52. The summed E-state index contributed by atoms with van der Waals surface area (Å²) in [6.07, 6.45) is -11.9. The first kappa shape index (κ1) is 16.1. The summed E-state index contributed by atoms with van der Waals surface area (Å²) in [4.78, 5) is 5.46. The summed E-state index contributed by atoms with van der Waals surface area (Å²) >= 11 is 0. The average molecular weight is 305 g/mol. The Hall–Kier alpha value is -1.99. The first-order chi connectivity index (χ1) is 8.82. The molecule has 0 aliphatic carbocycles. The zero-order chi connectivity index (χ0) is 15.9. The molecule has 20 heavy (non-hydrogen) atoms. The Morgan fingerprint density at radius 2 is 1.45 bits per heavy atom. The smallest absolute Gasteiger partial charge is 0.231 e. The van der Waals surface area contributed by atoms with Crippen LogP contribution in [0.4, 0.5) is 35.1 Å². The lowest BCUT2D eigenvalue weighted by molar-refractivity contribution is -0.292. The van der Waals surface area contributed by atoms with E-state index in [1.54, 1.807) is 0 Å². The van der Waals surface area contributed by atoms with Gasteiger partial charge in [-0.1, -0.05) is 0 Å². The number of aromatic nitrogens is 2. The number of nitriles is 1. The van der Waals surface area contributed by atoms with E-state index in [0.717, 1.165) is 13.0 Å². The van der Waals surface area contributed by atoms with Gasteiger partial charge in [0.15, 0.2) is 5.69 Å². The summed E-state index contributed by atoms with van der Waals surface area (Å²) in [7, 11) is 0. The highest BCUT2D eigenvalue weighted by atomic mass is 19.4. The van der Waals surface area contributed by atoms with Crippen molar-refractivity contribution >= 4 is 0 Å². The third kappa shape index (κ3) is 2.63. The number of nitrogens with zero attached hydrogens (tertiary/aromatic N) is 3. The van der Waals surface area contributed by atoms with Gasteiger partial charge in [0.1, 0.15) is 23.2 Å². The second-order valence-electron chi connectivity index (χ2n) is 3.52. The molecule has 3 nitrogen and oxygen atoms in total. The molecule has 0 unspecified atom stereocenters. The Morgan fingerprint density at radius 3 is 1.80 bits per heavy atom. The van der Waals surface area contributed by atoms with E-state index in [-0.39, 0.29) is 0 Å². The molecule has 0 bridgehead atoms. The SMILES string of the molecule is Cc1nc(C#N)c(C(F)(F)F)c(C(F)(F)C(F)(F)F)n1. The average Bonchev–Trinajstić information content (AvgIpc) is 2.24. The summed E-state index contributed by atoms with van der Waals surface area (Å²) in [5.41, 5.74) is -6.67. The van der Waals surface area contributed by atoms with Gasteiger partial charge in [-0.15, -0.1) is 0 Å². The van der Waals surface area contributed by atoms with Crippen LogP contribution in [0.2, 0.25) is 0 Å². The molecule has 0 radical (unpaired) electrons. The minimum absolute atomic E-state index is 0.789. The number of aryl methyl sites for hydroxylation is 1. The molecule has 0 amide bonds. The standard InChI is InChI=1S/C9H3F8N3/c1-3-19-4(2-18)5(8(12,13)14)6(20-3)7(10,11)9(15,16)17/h1H3. The van der Waals surface area contributed by atoms with Gasteiger partial charge in [-0.05, 0) is 6.92 Å². The van der Waals surface area contributed by atoms with Crippen LogP contribution < -0.4 is 0 Å². The summed E-state index contributed by atoms with van der Waals surface area (Å²) in [6, 6.07) is 0.835. The molecule has 0 saturated heterocycles. The molecule has 1 rings (SSSR count). The monoisotopic (exact) mass is 305 g/mol. The highest BCUT2D eigenvalue weighted by molar-refractivity contribution is 5.39. The molecule has 11 heteroatoms. The zero-order valence-electron chi connectivity index (χ0n) is 9.37. The number of hydrogen-bond donors (Lipinski definition) is 0. The van der Waals surface area contributed by atoms with Crippen LogP contribution in [0.25, 0.3) is 0 Å². The third-order valence-electron chi connectivity index (χ3n) is 2.06. The molecule has 0 aromatic carbocycles. The molecule has 0 saturated carbocycles. The minimum atomic E-state index is -6.29. The van der Waals surface area contributed by atoms with Crippen LogP contribution in [0.3, 0.4) is 0 Å². The highest BCUT2D eigenvalue weighted by Gasteiger charge is 2.63. The lowest BCUT2D eigenvalue weighted by Crippen LogP contribution is -2.37. The Morgan fingerprint density at radius 1 is 0.950 bits per heavy atom. The molecule has 110 valence electrons. The Bertz CT molecular complexity index is 566. The van der Waals surface area contributed by atoms with E-state index >= 15 is 0 Å². The largest absolute Gasteiger partial charge is 0.459 e. The van der Waals surface area contributed by atoms with Crippen LogP contribution >= 0.6 is 0 Å². The first-order valence-corrected chi connectivity index (χ1v) is 4.63. The van der Waals surface area contributed by atoms with Crippen molar-refractivity contribution in [1.29, 1.82) is 5.26 Å². The maximum absolute atomic E-state index is 13.1. The second kappa shape index (κ2) is 4.53. The number of alkyl halides is 8. The molecule has 0 aliphatic heterocycles. The van der Waals surface area contributed by atoms with E-state index in [1.165, 1.54) is 0 Å². The quantitative estimate of drug-likeness (QED) is 0.748. The Kier molecular flexibility index (Phi) is 3.64. The van der Waals surface area contributed by atoms with E-state index < -0.39 is 41.1 Å². The van der Waals surface area contributed by atoms with Gasteiger partial charge in [-0.25, -0.2) is 9.97 Å². The topological polar surface area (TPSA) is 49.6 Å². The van der Waals surface area contributed by atoms with Gasteiger partial charge in [-0.3, -0.25) is 0 Å². The van der Waals surface area contributed by atoms with E-state index in [2.05, 4.69) is 9.97 Å². The molecule has 1 aromatic heterocycles. The molecular formula is C9H3F8N3. The third-order valence-corrected chi connectivity index (χ3v) is 2.06. The van der Waals surface area contributed by atoms with Gasteiger partial charge in [-0.2, -0.15) is 40.4 Å². The molecule has 0 atom stereocenters. The van der Waals surface area contributed by atoms with Gasteiger partial charge in [0.2, 0.25) is 0 Å². The van der Waals surface area contributed by atoms with Crippen molar-refractivity contribution in [2.24, 2.45) is 0 Å². The van der Waals surface area contributed by atoms with Gasteiger partial charge in [0.25, 0.3) is 0 Å². The molecule has 0 aliphatic rings. The molecule has 1 heterocycles. The number of halogens is 8. The van der Waals surface area contributed by atoms with Gasteiger partial charge in [0.05, 0.1) is 0 Å². The van der Waals surface area contributed by atoms with Gasteiger partial charge >= 0.3 is 18.3 Å². The predicted molar refractivity (Wildman–Crippen MR) is 46.4 cm³/mol. The Labute approximate surface area is 105 Å². The van der Waals surface area contributed by atoms with E-state index in [0.29, 0.717) is 0 Å². The van der Waals surface area contributed by atoms with Crippen molar-refractivity contribution in [3.8, 4) is 6.07 Å². The molecule has 1 aromatic rings. The zero-order valence-corrected chi connectivity index (χ0v) is 9.37. The van der Waals surface area contributed by atoms with Crippen LogP contribution in [0, 0.1) is 18.3 Å². The van der Waals surface area contributed by atoms with E-state index in [4.69, 9.17) is 5.26 Å². The van der Waals surface area contributed by atoms with Crippen molar-refractivity contribution in [3.63, 3.8) is 0 Å². The van der Waals surface area contributed by atoms with Crippen molar-refractivity contribution in [2.75, 3.05) is 0 Å². The summed E-state index contributed by atoms with van der Waals surface area (Å²) in [6.45, 7) is 0.789. The highest BCUT2D eigenvalue weighted by Crippen LogP contribution is 2.47. The predicted octanol–water partition coefficient (Wildman–Crippen LogP) is 3.33. The normalized spacial score (nSPS) is 13.2. The minimum Gasteiger partial charge on any atom is -0.231 e. The van der Waals surface area contributed by atoms with Crippen LogP contribution in [-0.2, 0) is 12.1 Å². The number of hydrogen-bond acceptors (Lipinski definition) is 3. The maximum Gasteiger partial charge on any atom is 0.459 e. The van der Waals surface area contributed by atoms with Crippen LogP contribution in [0.5, 0.6) is 0 Å².